The second-order valence-electron chi connectivity index (χ2n) is 5.02. The molecule has 1 heterocycles. The number of nitrogens with zero attached hydrogens (tertiary/aromatic N) is 3. The average Bonchev–Trinajstić information content (AvgIpc) is 2.33. The van der Waals surface area contributed by atoms with Gasteiger partial charge in [-0.25, -0.2) is 0 Å². The zero-order valence-corrected chi connectivity index (χ0v) is 12.4. The predicted molar refractivity (Wildman–Crippen MR) is 76.7 cm³/mol. The molecular weight excluding hydrogens is 260 g/mol. The third-order valence-electron chi connectivity index (χ3n) is 2.34. The summed E-state index contributed by atoms with van der Waals surface area (Å²) in [4.78, 5) is 23.5. The first-order valence-corrected chi connectivity index (χ1v) is 6.49. The third kappa shape index (κ3) is 5.25. The number of nitrogens with one attached hydrogen (secondary N) is 2. The molecule has 0 atom stereocenters. The van der Waals surface area contributed by atoms with E-state index in [2.05, 4.69) is 25.6 Å². The molecule has 4 N–H and O–H groups in total. The van der Waals surface area contributed by atoms with Gasteiger partial charge in [0.25, 0.3) is 0 Å². The molecule has 0 radical (unpaired) electrons. The largest absolute Gasteiger partial charge is 0.463 e. The van der Waals surface area contributed by atoms with Crippen LogP contribution >= 0.6 is 0 Å². The third-order valence-corrected chi connectivity index (χ3v) is 2.34. The SMILES string of the molecule is CCCOc1nc(NC)nc(NC(C)(C)CC(N)=O)n1. The minimum absolute atomic E-state index is 0.165. The molecule has 0 bridgehead atoms. The van der Waals surface area contributed by atoms with E-state index in [1.54, 1.807) is 7.05 Å². The second kappa shape index (κ2) is 6.88. The van der Waals surface area contributed by atoms with Gasteiger partial charge in [-0.3, -0.25) is 4.79 Å². The first-order valence-electron chi connectivity index (χ1n) is 6.49. The minimum Gasteiger partial charge on any atom is -0.463 e. The number of primary amides is 1. The van der Waals surface area contributed by atoms with Gasteiger partial charge in [-0.05, 0) is 20.3 Å². The van der Waals surface area contributed by atoms with Gasteiger partial charge in [-0.2, -0.15) is 15.0 Å². The van der Waals surface area contributed by atoms with Crippen molar-refractivity contribution in [1.29, 1.82) is 0 Å². The summed E-state index contributed by atoms with van der Waals surface area (Å²) >= 11 is 0. The molecule has 0 saturated carbocycles. The fraction of sp³-hybridized carbons (Fsp3) is 0.667. The number of anilines is 2. The predicted octanol–water partition coefficient (Wildman–Crippen LogP) is 0.768. The molecule has 20 heavy (non-hydrogen) atoms. The summed E-state index contributed by atoms with van der Waals surface area (Å²) in [7, 11) is 1.71. The Kier molecular flexibility index (Phi) is 5.48. The van der Waals surface area contributed by atoms with Gasteiger partial charge in [0.05, 0.1) is 6.61 Å². The van der Waals surface area contributed by atoms with Gasteiger partial charge in [0.15, 0.2) is 0 Å². The van der Waals surface area contributed by atoms with E-state index in [0.717, 1.165) is 6.42 Å². The molecule has 0 unspecified atom stereocenters. The van der Waals surface area contributed by atoms with Crippen molar-refractivity contribution in [3.63, 3.8) is 0 Å². The fourth-order valence-corrected chi connectivity index (χ4v) is 1.56. The Morgan fingerprint density at radius 1 is 1.30 bits per heavy atom. The van der Waals surface area contributed by atoms with Gasteiger partial charge >= 0.3 is 6.01 Å². The summed E-state index contributed by atoms with van der Waals surface area (Å²) < 4.78 is 5.40. The highest BCUT2D eigenvalue weighted by Crippen LogP contribution is 2.17. The Morgan fingerprint density at radius 2 is 1.95 bits per heavy atom. The van der Waals surface area contributed by atoms with Gasteiger partial charge in [0, 0.05) is 19.0 Å². The molecule has 1 amide bonds. The maximum absolute atomic E-state index is 11.0. The molecule has 0 aliphatic rings. The molecule has 0 aliphatic carbocycles. The van der Waals surface area contributed by atoms with Crippen molar-refractivity contribution in [2.75, 3.05) is 24.3 Å². The fourth-order valence-electron chi connectivity index (χ4n) is 1.56. The average molecular weight is 282 g/mol. The van der Waals surface area contributed by atoms with E-state index < -0.39 is 11.4 Å². The van der Waals surface area contributed by atoms with Crippen molar-refractivity contribution in [3.05, 3.63) is 0 Å². The van der Waals surface area contributed by atoms with Crippen LogP contribution in [0.2, 0.25) is 0 Å². The maximum Gasteiger partial charge on any atom is 0.323 e. The van der Waals surface area contributed by atoms with Crippen LogP contribution < -0.4 is 21.1 Å². The number of carbonyl (C=O) groups is 1. The van der Waals surface area contributed by atoms with Crippen LogP contribution in [0.4, 0.5) is 11.9 Å². The van der Waals surface area contributed by atoms with Gasteiger partial charge in [0.1, 0.15) is 0 Å². The van der Waals surface area contributed by atoms with Crippen LogP contribution in [-0.4, -0.2) is 40.1 Å². The van der Waals surface area contributed by atoms with Crippen molar-refractivity contribution in [2.24, 2.45) is 5.73 Å². The topological polar surface area (TPSA) is 115 Å². The van der Waals surface area contributed by atoms with E-state index in [4.69, 9.17) is 10.5 Å². The van der Waals surface area contributed by atoms with E-state index >= 15 is 0 Å². The Morgan fingerprint density at radius 3 is 2.50 bits per heavy atom. The maximum atomic E-state index is 11.0. The molecule has 112 valence electrons. The van der Waals surface area contributed by atoms with Crippen LogP contribution in [0, 0.1) is 0 Å². The molecular formula is C12H22N6O2. The van der Waals surface area contributed by atoms with E-state index in [1.807, 2.05) is 20.8 Å². The zero-order valence-electron chi connectivity index (χ0n) is 12.4. The lowest BCUT2D eigenvalue weighted by atomic mass is 10.0. The first-order chi connectivity index (χ1) is 9.36. The van der Waals surface area contributed by atoms with Crippen molar-refractivity contribution >= 4 is 17.8 Å². The minimum atomic E-state index is -0.555. The van der Waals surface area contributed by atoms with Crippen molar-refractivity contribution in [3.8, 4) is 6.01 Å². The van der Waals surface area contributed by atoms with Crippen molar-refractivity contribution in [1.82, 2.24) is 15.0 Å². The molecule has 8 heteroatoms. The van der Waals surface area contributed by atoms with Crippen LogP contribution in [0.5, 0.6) is 6.01 Å². The number of carbonyl (C=O) groups excluding carboxylic acids is 1. The monoisotopic (exact) mass is 282 g/mol. The molecule has 1 aromatic rings. The molecule has 0 fully saturated rings. The Bertz CT molecular complexity index is 463. The van der Waals surface area contributed by atoms with E-state index in [-0.39, 0.29) is 12.4 Å². The summed E-state index contributed by atoms with van der Waals surface area (Å²) in [5.74, 6) is 0.332. The van der Waals surface area contributed by atoms with E-state index in [1.165, 1.54) is 0 Å². The summed E-state index contributed by atoms with van der Waals surface area (Å²) in [6.45, 7) is 6.20. The highest BCUT2D eigenvalue weighted by Gasteiger charge is 2.22. The number of rotatable bonds is 8. The lowest BCUT2D eigenvalue weighted by Crippen LogP contribution is -2.36. The number of aromatic nitrogens is 3. The number of nitrogens with two attached hydrogens (primary N) is 1. The Hall–Kier alpha value is -2.12. The van der Waals surface area contributed by atoms with Crippen LogP contribution in [-0.2, 0) is 4.79 Å². The smallest absolute Gasteiger partial charge is 0.323 e. The van der Waals surface area contributed by atoms with Crippen molar-refractivity contribution < 1.29 is 9.53 Å². The van der Waals surface area contributed by atoms with E-state index in [9.17, 15) is 4.79 Å². The summed E-state index contributed by atoms with van der Waals surface area (Å²) in [5, 5.41) is 5.89. The van der Waals surface area contributed by atoms with Gasteiger partial charge in [0.2, 0.25) is 17.8 Å². The molecule has 1 rings (SSSR count). The molecule has 1 aromatic heterocycles. The summed E-state index contributed by atoms with van der Waals surface area (Å²) in [6.07, 6.45) is 1.02. The van der Waals surface area contributed by atoms with Crippen LogP contribution in [0.25, 0.3) is 0 Å². The Labute approximate surface area is 118 Å². The Balaban J connectivity index is 2.90. The summed E-state index contributed by atoms with van der Waals surface area (Å²) in [6, 6.07) is 0.239. The number of ether oxygens (including phenoxy) is 1. The van der Waals surface area contributed by atoms with Crippen LogP contribution in [0.15, 0.2) is 0 Å². The van der Waals surface area contributed by atoms with Gasteiger partial charge < -0.3 is 21.1 Å². The zero-order chi connectivity index (χ0) is 15.2. The lowest BCUT2D eigenvalue weighted by molar-refractivity contribution is -0.118. The molecule has 0 spiro atoms. The number of amides is 1. The number of hydrogen-bond acceptors (Lipinski definition) is 7. The van der Waals surface area contributed by atoms with E-state index in [0.29, 0.717) is 18.5 Å². The standard InChI is InChI=1S/C12H22N6O2/c1-5-6-20-11-16-9(14-4)15-10(17-11)18-12(2,3)7-8(13)19/h5-7H2,1-4H3,(H2,13,19)(H2,14,15,16,17,18). The molecule has 0 saturated heterocycles. The molecule has 0 aliphatic heterocycles. The van der Waals surface area contributed by atoms with Gasteiger partial charge in [-0.1, -0.05) is 6.92 Å². The normalized spacial score (nSPS) is 11.0. The highest BCUT2D eigenvalue weighted by molar-refractivity contribution is 5.75. The molecule has 0 aromatic carbocycles. The van der Waals surface area contributed by atoms with Crippen LogP contribution in [0.1, 0.15) is 33.6 Å². The molecule has 8 nitrogen and oxygen atoms in total. The quantitative estimate of drug-likeness (QED) is 0.645. The van der Waals surface area contributed by atoms with Gasteiger partial charge in [-0.15, -0.1) is 0 Å². The first kappa shape index (κ1) is 15.9. The van der Waals surface area contributed by atoms with Crippen molar-refractivity contribution in [2.45, 2.75) is 39.2 Å². The summed E-state index contributed by atoms with van der Waals surface area (Å²) in [5.41, 5.74) is 4.66. The van der Waals surface area contributed by atoms with Crippen LogP contribution in [0.3, 0.4) is 0 Å². The number of hydrogen-bond donors (Lipinski definition) is 3. The highest BCUT2D eigenvalue weighted by atomic mass is 16.5. The lowest BCUT2D eigenvalue weighted by Gasteiger charge is -2.24. The second-order valence-corrected chi connectivity index (χ2v) is 5.02.